The maximum Gasteiger partial charge on any atom is 0.317 e. The summed E-state index contributed by atoms with van der Waals surface area (Å²) in [5, 5.41) is 7.24. The van der Waals surface area contributed by atoms with E-state index in [0.717, 1.165) is 23.4 Å². The Labute approximate surface area is 147 Å². The smallest absolute Gasteiger partial charge is 0.317 e. The van der Waals surface area contributed by atoms with Crippen molar-refractivity contribution >= 4 is 6.03 Å². The average molecular weight is 348 g/mol. The number of rotatable bonds is 7. The molecule has 0 aliphatic carbocycles. The summed E-state index contributed by atoms with van der Waals surface area (Å²) in [6.07, 6.45) is 0.733. The van der Waals surface area contributed by atoms with E-state index in [1.54, 1.807) is 25.2 Å². The molecule has 0 atom stereocenters. The maximum absolute atomic E-state index is 13.4. The lowest BCUT2D eigenvalue weighted by Crippen LogP contribution is -2.40. The Morgan fingerprint density at radius 1 is 1.36 bits per heavy atom. The van der Waals surface area contributed by atoms with E-state index in [1.807, 2.05) is 25.6 Å². The number of aryl methyl sites for hydroxylation is 2. The number of urea groups is 1. The Hall–Kier alpha value is -2.57. The van der Waals surface area contributed by atoms with E-state index in [2.05, 4.69) is 10.4 Å². The highest BCUT2D eigenvalue weighted by atomic mass is 19.1. The van der Waals surface area contributed by atoms with Gasteiger partial charge in [-0.2, -0.15) is 5.10 Å². The number of ether oxygens (including phenoxy) is 1. The molecule has 0 bridgehead atoms. The van der Waals surface area contributed by atoms with Crippen molar-refractivity contribution in [2.45, 2.75) is 20.3 Å². The van der Waals surface area contributed by atoms with Crippen molar-refractivity contribution in [2.75, 3.05) is 26.7 Å². The van der Waals surface area contributed by atoms with Gasteiger partial charge in [0.1, 0.15) is 6.61 Å². The molecule has 0 aliphatic heterocycles. The van der Waals surface area contributed by atoms with Crippen LogP contribution < -0.4 is 10.1 Å². The maximum atomic E-state index is 13.4. The summed E-state index contributed by atoms with van der Waals surface area (Å²) in [7, 11) is 3.59. The minimum Gasteiger partial charge on any atom is -0.489 e. The first-order chi connectivity index (χ1) is 11.9. The van der Waals surface area contributed by atoms with Crippen LogP contribution in [-0.4, -0.2) is 47.5 Å². The Morgan fingerprint density at radius 3 is 2.72 bits per heavy atom. The van der Waals surface area contributed by atoms with Crippen molar-refractivity contribution in [1.29, 1.82) is 0 Å². The number of benzene rings is 1. The molecule has 7 heteroatoms. The molecule has 1 N–H and O–H groups in total. The highest BCUT2D eigenvalue weighted by molar-refractivity contribution is 5.73. The van der Waals surface area contributed by atoms with E-state index >= 15 is 0 Å². The van der Waals surface area contributed by atoms with Crippen molar-refractivity contribution < 1.29 is 13.9 Å². The van der Waals surface area contributed by atoms with Gasteiger partial charge in [-0.1, -0.05) is 12.1 Å². The van der Waals surface area contributed by atoms with Gasteiger partial charge in [0.05, 0.1) is 12.2 Å². The van der Waals surface area contributed by atoms with E-state index in [1.165, 1.54) is 11.0 Å². The third-order valence-electron chi connectivity index (χ3n) is 4.18. The molecule has 0 saturated heterocycles. The molecule has 0 aliphatic rings. The number of amides is 2. The first kappa shape index (κ1) is 18.8. The summed E-state index contributed by atoms with van der Waals surface area (Å²) in [6.45, 7) is 5.11. The number of halogens is 1. The van der Waals surface area contributed by atoms with Crippen LogP contribution in [0.5, 0.6) is 5.75 Å². The van der Waals surface area contributed by atoms with Crippen LogP contribution in [0.3, 0.4) is 0 Å². The second-order valence-electron chi connectivity index (χ2n) is 5.96. The van der Waals surface area contributed by atoms with E-state index < -0.39 is 5.82 Å². The van der Waals surface area contributed by atoms with Crippen LogP contribution in [0.1, 0.15) is 17.0 Å². The molecule has 0 fully saturated rings. The number of nitrogens with one attached hydrogen (secondary N) is 1. The van der Waals surface area contributed by atoms with Crippen LogP contribution in [0.2, 0.25) is 0 Å². The molecule has 1 aromatic carbocycles. The van der Waals surface area contributed by atoms with Crippen LogP contribution in [0, 0.1) is 19.7 Å². The normalized spacial score (nSPS) is 10.6. The topological polar surface area (TPSA) is 59.4 Å². The van der Waals surface area contributed by atoms with Crippen molar-refractivity contribution in [3.63, 3.8) is 0 Å². The fourth-order valence-electron chi connectivity index (χ4n) is 2.56. The van der Waals surface area contributed by atoms with Crippen molar-refractivity contribution in [1.82, 2.24) is 20.0 Å². The highest BCUT2D eigenvalue weighted by Crippen LogP contribution is 2.15. The first-order valence-electron chi connectivity index (χ1n) is 8.25. The van der Waals surface area contributed by atoms with Crippen molar-refractivity contribution in [3.8, 4) is 5.75 Å². The second kappa shape index (κ2) is 8.50. The largest absolute Gasteiger partial charge is 0.489 e. The molecule has 1 aromatic heterocycles. The van der Waals surface area contributed by atoms with Crippen LogP contribution in [0.15, 0.2) is 24.3 Å². The monoisotopic (exact) mass is 348 g/mol. The molecular weight excluding hydrogens is 323 g/mol. The van der Waals surface area contributed by atoms with Crippen LogP contribution in [0.4, 0.5) is 9.18 Å². The van der Waals surface area contributed by atoms with Gasteiger partial charge in [-0.15, -0.1) is 0 Å². The first-order valence-corrected chi connectivity index (χ1v) is 8.25. The van der Waals surface area contributed by atoms with Gasteiger partial charge in [0.2, 0.25) is 0 Å². The highest BCUT2D eigenvalue weighted by Gasteiger charge is 2.12. The summed E-state index contributed by atoms with van der Waals surface area (Å²) >= 11 is 0. The number of carbonyl (C=O) groups excluding carboxylic acids is 1. The average Bonchev–Trinajstić information content (AvgIpc) is 2.82. The Morgan fingerprint density at radius 2 is 2.08 bits per heavy atom. The van der Waals surface area contributed by atoms with E-state index in [9.17, 15) is 9.18 Å². The molecule has 25 heavy (non-hydrogen) atoms. The summed E-state index contributed by atoms with van der Waals surface area (Å²) in [4.78, 5) is 13.6. The van der Waals surface area contributed by atoms with E-state index in [0.29, 0.717) is 13.1 Å². The molecule has 2 amide bonds. The number of nitrogens with zero attached hydrogens (tertiary/aromatic N) is 3. The number of likely N-dealkylation sites (N-methyl/N-ethyl adjacent to an activating group) is 1. The number of hydrogen-bond acceptors (Lipinski definition) is 3. The molecule has 0 unspecified atom stereocenters. The molecule has 0 spiro atoms. The summed E-state index contributed by atoms with van der Waals surface area (Å²) in [6, 6.07) is 6.03. The number of carbonyl (C=O) groups is 1. The van der Waals surface area contributed by atoms with Crippen LogP contribution in [-0.2, 0) is 13.5 Å². The summed E-state index contributed by atoms with van der Waals surface area (Å²) in [5.41, 5.74) is 3.26. The minimum atomic E-state index is -0.406. The lowest BCUT2D eigenvalue weighted by molar-refractivity contribution is 0.194. The predicted molar refractivity (Wildman–Crippen MR) is 94.3 cm³/mol. The predicted octanol–water partition coefficient (Wildman–Crippen LogP) is 2.44. The van der Waals surface area contributed by atoms with Gasteiger partial charge in [-0.05, 0) is 38.0 Å². The number of aromatic nitrogens is 2. The lowest BCUT2D eigenvalue weighted by atomic mass is 10.1. The summed E-state index contributed by atoms with van der Waals surface area (Å²) < 4.78 is 20.6. The SMILES string of the molecule is Cc1nn(C)c(C)c1CCNC(=O)N(C)CCOc1ccccc1F. The quantitative estimate of drug-likeness (QED) is 0.836. The standard InChI is InChI=1S/C18H25FN4O2/c1-13-15(14(2)23(4)21-13)9-10-20-18(24)22(3)11-12-25-17-8-6-5-7-16(17)19/h5-8H,9-12H2,1-4H3,(H,20,24). The Balaban J connectivity index is 1.72. The Kier molecular flexibility index (Phi) is 6.38. The van der Waals surface area contributed by atoms with E-state index in [4.69, 9.17) is 4.74 Å². The zero-order valence-electron chi connectivity index (χ0n) is 15.2. The van der Waals surface area contributed by atoms with Crippen LogP contribution in [0.25, 0.3) is 0 Å². The number of para-hydroxylation sites is 1. The second-order valence-corrected chi connectivity index (χ2v) is 5.96. The molecular formula is C18H25FN4O2. The lowest BCUT2D eigenvalue weighted by Gasteiger charge is -2.18. The zero-order chi connectivity index (χ0) is 18.4. The van der Waals surface area contributed by atoms with Gasteiger partial charge in [0.15, 0.2) is 11.6 Å². The fraction of sp³-hybridized carbons (Fsp3) is 0.444. The summed E-state index contributed by atoms with van der Waals surface area (Å²) in [5.74, 6) is -0.212. The van der Waals surface area contributed by atoms with Gasteiger partial charge < -0.3 is 15.0 Å². The molecule has 2 rings (SSSR count). The van der Waals surface area contributed by atoms with Gasteiger partial charge in [-0.25, -0.2) is 9.18 Å². The zero-order valence-corrected chi connectivity index (χ0v) is 15.2. The van der Waals surface area contributed by atoms with Crippen LogP contribution >= 0.6 is 0 Å². The van der Waals surface area contributed by atoms with Gasteiger partial charge in [-0.3, -0.25) is 4.68 Å². The van der Waals surface area contributed by atoms with Gasteiger partial charge in [0.25, 0.3) is 0 Å². The fourth-order valence-corrected chi connectivity index (χ4v) is 2.56. The number of hydrogen-bond donors (Lipinski definition) is 1. The van der Waals surface area contributed by atoms with Gasteiger partial charge >= 0.3 is 6.03 Å². The van der Waals surface area contributed by atoms with E-state index in [-0.39, 0.29) is 18.4 Å². The van der Waals surface area contributed by atoms with Crippen molar-refractivity contribution in [3.05, 3.63) is 47.0 Å². The Bertz CT molecular complexity index is 730. The molecule has 1 heterocycles. The molecule has 6 nitrogen and oxygen atoms in total. The van der Waals surface area contributed by atoms with Crippen molar-refractivity contribution in [2.24, 2.45) is 7.05 Å². The molecule has 2 aromatic rings. The molecule has 0 radical (unpaired) electrons. The minimum absolute atomic E-state index is 0.184. The third kappa shape index (κ3) is 4.95. The van der Waals surface area contributed by atoms with Gasteiger partial charge in [0, 0.05) is 26.3 Å². The molecule has 136 valence electrons. The third-order valence-corrected chi connectivity index (χ3v) is 4.18. The molecule has 0 saturated carbocycles.